The summed E-state index contributed by atoms with van der Waals surface area (Å²) in [5.41, 5.74) is 0.951. The molecule has 0 aromatic heterocycles. The molecule has 3 rings (SSSR count). The van der Waals surface area contributed by atoms with E-state index in [1.54, 1.807) is 19.1 Å². The molecule has 0 bridgehead atoms. The fourth-order valence-electron chi connectivity index (χ4n) is 3.91. The van der Waals surface area contributed by atoms with Gasteiger partial charge in [-0.15, -0.1) is 0 Å². The Morgan fingerprint density at radius 3 is 2.52 bits per heavy atom. The van der Waals surface area contributed by atoms with Gasteiger partial charge >= 0.3 is 6.03 Å². The summed E-state index contributed by atoms with van der Waals surface area (Å²) in [5, 5.41) is 0. The minimum Gasteiger partial charge on any atom is -0.493 e. The van der Waals surface area contributed by atoms with Crippen molar-refractivity contribution in [2.45, 2.75) is 13.0 Å². The molecule has 1 aromatic carbocycles. The fourth-order valence-corrected chi connectivity index (χ4v) is 3.91. The van der Waals surface area contributed by atoms with Gasteiger partial charge in [-0.3, -0.25) is 0 Å². The van der Waals surface area contributed by atoms with Gasteiger partial charge in [-0.05, 0) is 6.07 Å². The third kappa shape index (κ3) is 5.98. The number of amides is 2. The third-order valence-corrected chi connectivity index (χ3v) is 5.56. The topological polar surface area (TPSA) is 64.9 Å². The van der Waals surface area contributed by atoms with Crippen LogP contribution in [0.3, 0.4) is 0 Å². The second kappa shape index (κ2) is 11.2. The highest BCUT2D eigenvalue weighted by molar-refractivity contribution is 5.74. The van der Waals surface area contributed by atoms with Crippen molar-refractivity contribution >= 4 is 6.03 Å². The number of rotatable bonds is 8. The van der Waals surface area contributed by atoms with Crippen LogP contribution in [0.15, 0.2) is 18.2 Å². The number of nitrogens with zero attached hydrogens (tertiary/aromatic N) is 2. The van der Waals surface area contributed by atoms with Crippen LogP contribution in [0, 0.1) is 0 Å². The van der Waals surface area contributed by atoms with Gasteiger partial charge in [-0.2, -0.15) is 0 Å². The molecule has 8 nitrogen and oxygen atoms in total. The van der Waals surface area contributed by atoms with E-state index < -0.39 is 0 Å². The minimum absolute atomic E-state index is 0.0650. The molecule has 0 unspecified atom stereocenters. The van der Waals surface area contributed by atoms with Gasteiger partial charge in [0.05, 0.1) is 53.7 Å². The molecule has 0 aliphatic carbocycles. The van der Waals surface area contributed by atoms with E-state index in [2.05, 4.69) is 0 Å². The Balaban J connectivity index is 1.68. The first-order valence-electron chi connectivity index (χ1n) is 10.5. The molecule has 0 saturated carbocycles. The van der Waals surface area contributed by atoms with Gasteiger partial charge in [0.2, 0.25) is 0 Å². The lowest BCUT2D eigenvalue weighted by atomic mass is 10.1. The number of morpholine rings is 2. The normalized spacial score (nSPS) is 17.8. The SMILES string of the molecule is COc1cccc(CN(CCC[NH+]2CCOCC2)C(=O)N2CCOCC2)c1OC. The molecular weight excluding hydrogens is 374 g/mol. The number of urea groups is 1. The maximum Gasteiger partial charge on any atom is 0.320 e. The van der Waals surface area contributed by atoms with E-state index in [4.69, 9.17) is 18.9 Å². The predicted octanol–water partition coefficient (Wildman–Crippen LogP) is 0.263. The molecule has 0 spiro atoms. The molecule has 1 aromatic rings. The number of quaternary nitrogens is 1. The Morgan fingerprint density at radius 2 is 1.83 bits per heavy atom. The molecule has 0 atom stereocenters. The Kier molecular flexibility index (Phi) is 8.39. The first-order valence-corrected chi connectivity index (χ1v) is 10.5. The molecule has 0 radical (unpaired) electrons. The Hall–Kier alpha value is -2.03. The van der Waals surface area contributed by atoms with Gasteiger partial charge in [0.15, 0.2) is 11.5 Å². The highest BCUT2D eigenvalue weighted by atomic mass is 16.5. The van der Waals surface area contributed by atoms with Crippen LogP contribution in [0.5, 0.6) is 11.5 Å². The number of carbonyl (C=O) groups excluding carboxylic acids is 1. The van der Waals surface area contributed by atoms with E-state index in [9.17, 15) is 4.79 Å². The molecule has 2 saturated heterocycles. The molecule has 162 valence electrons. The first-order chi connectivity index (χ1) is 14.2. The lowest BCUT2D eigenvalue weighted by Crippen LogP contribution is -3.14. The lowest BCUT2D eigenvalue weighted by molar-refractivity contribution is -0.908. The summed E-state index contributed by atoms with van der Waals surface area (Å²) in [5.74, 6) is 1.37. The van der Waals surface area contributed by atoms with Crippen LogP contribution in [0.2, 0.25) is 0 Å². The molecule has 2 heterocycles. The van der Waals surface area contributed by atoms with Crippen LogP contribution in [-0.4, -0.2) is 95.7 Å². The van der Waals surface area contributed by atoms with Crippen LogP contribution < -0.4 is 14.4 Å². The van der Waals surface area contributed by atoms with Crippen molar-refractivity contribution < 1.29 is 28.6 Å². The molecule has 2 fully saturated rings. The predicted molar refractivity (Wildman–Crippen MR) is 109 cm³/mol. The number of methoxy groups -OCH3 is 2. The van der Waals surface area contributed by atoms with Gasteiger partial charge in [-0.1, -0.05) is 12.1 Å². The van der Waals surface area contributed by atoms with Crippen LogP contribution in [0.1, 0.15) is 12.0 Å². The van der Waals surface area contributed by atoms with E-state index in [-0.39, 0.29) is 6.03 Å². The zero-order chi connectivity index (χ0) is 20.5. The summed E-state index contributed by atoms with van der Waals surface area (Å²) in [4.78, 5) is 18.6. The molecule has 8 heteroatoms. The molecule has 29 heavy (non-hydrogen) atoms. The number of nitrogens with one attached hydrogen (secondary N) is 1. The maximum absolute atomic E-state index is 13.2. The quantitative estimate of drug-likeness (QED) is 0.669. The smallest absolute Gasteiger partial charge is 0.320 e. The summed E-state index contributed by atoms with van der Waals surface area (Å²) >= 11 is 0. The lowest BCUT2D eigenvalue weighted by Gasteiger charge is -2.33. The number of carbonyl (C=O) groups is 1. The number of ether oxygens (including phenoxy) is 4. The summed E-state index contributed by atoms with van der Waals surface area (Å²) in [6.07, 6.45) is 0.956. The average Bonchev–Trinajstić information content (AvgIpc) is 2.79. The highest BCUT2D eigenvalue weighted by Gasteiger charge is 2.25. The van der Waals surface area contributed by atoms with E-state index in [1.807, 2.05) is 28.0 Å². The van der Waals surface area contributed by atoms with Crippen LogP contribution in [0.25, 0.3) is 0 Å². The number of hydrogen-bond donors (Lipinski definition) is 1. The Bertz CT molecular complexity index is 645. The van der Waals surface area contributed by atoms with E-state index >= 15 is 0 Å². The van der Waals surface area contributed by atoms with Gasteiger partial charge in [0.1, 0.15) is 13.1 Å². The van der Waals surface area contributed by atoms with Crippen molar-refractivity contribution in [1.82, 2.24) is 9.80 Å². The summed E-state index contributed by atoms with van der Waals surface area (Å²) in [6, 6.07) is 5.87. The Morgan fingerprint density at radius 1 is 1.10 bits per heavy atom. The van der Waals surface area contributed by atoms with Gasteiger partial charge in [-0.25, -0.2) is 4.79 Å². The zero-order valence-electron chi connectivity index (χ0n) is 17.7. The van der Waals surface area contributed by atoms with Gasteiger partial charge in [0, 0.05) is 31.6 Å². The number of para-hydroxylation sites is 1. The van der Waals surface area contributed by atoms with Crippen molar-refractivity contribution in [1.29, 1.82) is 0 Å². The van der Waals surface area contributed by atoms with Crippen molar-refractivity contribution in [2.75, 3.05) is 79.9 Å². The van der Waals surface area contributed by atoms with Crippen molar-refractivity contribution in [3.63, 3.8) is 0 Å². The molecule has 1 N–H and O–H groups in total. The largest absolute Gasteiger partial charge is 0.493 e. The fraction of sp³-hybridized carbons (Fsp3) is 0.667. The van der Waals surface area contributed by atoms with Crippen molar-refractivity contribution in [3.05, 3.63) is 23.8 Å². The molecule has 2 amide bonds. The maximum atomic E-state index is 13.2. The highest BCUT2D eigenvalue weighted by Crippen LogP contribution is 2.31. The van der Waals surface area contributed by atoms with Crippen LogP contribution in [-0.2, 0) is 16.0 Å². The first kappa shape index (κ1) is 21.7. The van der Waals surface area contributed by atoms with Gasteiger partial charge < -0.3 is 33.6 Å². The van der Waals surface area contributed by atoms with E-state index in [0.29, 0.717) is 50.9 Å². The number of benzene rings is 1. The second-order valence-electron chi connectivity index (χ2n) is 7.42. The van der Waals surface area contributed by atoms with Crippen LogP contribution in [0.4, 0.5) is 4.79 Å². The van der Waals surface area contributed by atoms with Crippen LogP contribution >= 0.6 is 0 Å². The van der Waals surface area contributed by atoms with E-state index in [1.165, 1.54) is 0 Å². The second-order valence-corrected chi connectivity index (χ2v) is 7.42. The van der Waals surface area contributed by atoms with Gasteiger partial charge in [0.25, 0.3) is 0 Å². The zero-order valence-corrected chi connectivity index (χ0v) is 17.7. The third-order valence-electron chi connectivity index (χ3n) is 5.56. The minimum atomic E-state index is 0.0650. The number of hydrogen-bond acceptors (Lipinski definition) is 5. The Labute approximate surface area is 173 Å². The average molecular weight is 409 g/mol. The standard InChI is InChI=1S/C21H33N3O5/c1-26-19-6-3-5-18(20(19)27-2)17-24(21(25)23-11-15-29-16-12-23)8-4-7-22-9-13-28-14-10-22/h3,5-6H,4,7-17H2,1-2H3/p+1. The van der Waals surface area contributed by atoms with Crippen molar-refractivity contribution in [2.24, 2.45) is 0 Å². The van der Waals surface area contributed by atoms with Crippen molar-refractivity contribution in [3.8, 4) is 11.5 Å². The summed E-state index contributed by atoms with van der Waals surface area (Å²) in [7, 11) is 3.26. The summed E-state index contributed by atoms with van der Waals surface area (Å²) in [6.45, 7) is 8.46. The van der Waals surface area contributed by atoms with E-state index in [0.717, 1.165) is 44.8 Å². The summed E-state index contributed by atoms with van der Waals surface area (Å²) < 4.78 is 21.9. The monoisotopic (exact) mass is 408 g/mol. The molecular formula is C21H34N3O5+. The molecule has 2 aliphatic rings. The molecule has 2 aliphatic heterocycles.